The van der Waals surface area contributed by atoms with Gasteiger partial charge in [-0.1, -0.05) is 35.1 Å². The fraction of sp³-hybridized carbons (Fsp3) is 0.0769. The molecule has 3 aromatic carbocycles. The summed E-state index contributed by atoms with van der Waals surface area (Å²) >= 11 is 7.00. The smallest absolute Gasteiger partial charge is 0.337 e. The van der Waals surface area contributed by atoms with Gasteiger partial charge in [0.1, 0.15) is 11.6 Å². The average molecular weight is 523 g/mol. The lowest BCUT2D eigenvalue weighted by molar-refractivity contribution is -0.132. The van der Waals surface area contributed by atoms with Gasteiger partial charge in [-0.25, -0.2) is 14.2 Å². The van der Waals surface area contributed by atoms with E-state index in [2.05, 4.69) is 4.98 Å². The third-order valence-corrected chi connectivity index (χ3v) is 7.02. The molecule has 1 amide bonds. The van der Waals surface area contributed by atoms with Gasteiger partial charge in [0.2, 0.25) is 0 Å². The van der Waals surface area contributed by atoms with Crippen molar-refractivity contribution in [3.05, 3.63) is 99.8 Å². The number of amides is 1. The van der Waals surface area contributed by atoms with Crippen LogP contribution in [0.25, 0.3) is 16.0 Å². The van der Waals surface area contributed by atoms with Gasteiger partial charge in [0.15, 0.2) is 5.13 Å². The average Bonchev–Trinajstić information content (AvgIpc) is 3.41. The fourth-order valence-electron chi connectivity index (χ4n) is 4.02. The number of hydrogen-bond acceptors (Lipinski definition) is 7. The summed E-state index contributed by atoms with van der Waals surface area (Å²) in [5.41, 5.74) is 1.31. The predicted octanol–water partition coefficient (Wildman–Crippen LogP) is 5.50. The van der Waals surface area contributed by atoms with E-state index in [0.717, 1.165) is 11.3 Å². The minimum atomic E-state index is -1.06. The standard InChI is InChI=1S/C26H16ClFN2O5S/c1-35-25(34)15-4-2-13(3-5-15)21-20(22(31)14-6-8-16(27)9-7-14)23(32)24(33)30(21)26-29-18-11-10-17(28)12-19(18)36-26/h2-12,21,31H,1H3/b22-20+. The molecule has 7 nitrogen and oxygen atoms in total. The van der Waals surface area contributed by atoms with Crippen LogP contribution in [0.5, 0.6) is 0 Å². The number of methoxy groups -OCH3 is 1. The second kappa shape index (κ2) is 9.18. The van der Waals surface area contributed by atoms with Crippen LogP contribution in [0.3, 0.4) is 0 Å². The molecule has 1 saturated heterocycles. The van der Waals surface area contributed by atoms with E-state index in [-0.39, 0.29) is 22.0 Å². The molecule has 0 bridgehead atoms. The number of aromatic nitrogens is 1. The topological polar surface area (TPSA) is 96.8 Å². The van der Waals surface area contributed by atoms with Gasteiger partial charge >= 0.3 is 11.9 Å². The number of halogens is 2. The van der Waals surface area contributed by atoms with E-state index in [9.17, 15) is 23.9 Å². The maximum Gasteiger partial charge on any atom is 0.337 e. The molecule has 4 aromatic rings. The fourth-order valence-corrected chi connectivity index (χ4v) is 5.16. The maximum atomic E-state index is 13.8. The highest BCUT2D eigenvalue weighted by molar-refractivity contribution is 7.22. The normalized spacial score (nSPS) is 17.1. The highest BCUT2D eigenvalue weighted by Gasteiger charge is 2.48. The van der Waals surface area contributed by atoms with Crippen LogP contribution in [0.4, 0.5) is 9.52 Å². The zero-order valence-electron chi connectivity index (χ0n) is 18.6. The first-order chi connectivity index (χ1) is 17.3. The monoisotopic (exact) mass is 522 g/mol. The van der Waals surface area contributed by atoms with Crippen LogP contribution in [-0.4, -0.2) is 34.9 Å². The van der Waals surface area contributed by atoms with Gasteiger partial charge in [-0.3, -0.25) is 14.5 Å². The number of nitrogens with zero attached hydrogens (tertiary/aromatic N) is 2. The van der Waals surface area contributed by atoms with E-state index in [4.69, 9.17) is 16.3 Å². The molecule has 10 heteroatoms. The Bertz CT molecular complexity index is 1560. The predicted molar refractivity (Wildman–Crippen MR) is 134 cm³/mol. The van der Waals surface area contributed by atoms with Gasteiger partial charge in [0.25, 0.3) is 5.78 Å². The Kier molecular flexibility index (Phi) is 6.03. The summed E-state index contributed by atoms with van der Waals surface area (Å²) < 4.78 is 19.0. The molecule has 2 heterocycles. The lowest BCUT2D eigenvalue weighted by Gasteiger charge is -2.23. The van der Waals surface area contributed by atoms with Crippen molar-refractivity contribution in [2.45, 2.75) is 6.04 Å². The number of carbonyl (C=O) groups is 3. The summed E-state index contributed by atoms with van der Waals surface area (Å²) in [5, 5.41) is 11.7. The number of benzene rings is 3. The van der Waals surface area contributed by atoms with Crippen LogP contribution in [0.15, 0.2) is 72.3 Å². The van der Waals surface area contributed by atoms with Gasteiger partial charge in [0, 0.05) is 10.6 Å². The quantitative estimate of drug-likeness (QED) is 0.164. The third-order valence-electron chi connectivity index (χ3n) is 5.75. The molecule has 1 N–H and O–H groups in total. The number of esters is 1. The molecule has 0 radical (unpaired) electrons. The van der Waals surface area contributed by atoms with Crippen LogP contribution in [0.1, 0.15) is 27.5 Å². The van der Waals surface area contributed by atoms with E-state index >= 15 is 0 Å². The van der Waals surface area contributed by atoms with Crippen molar-refractivity contribution in [3.63, 3.8) is 0 Å². The molecular weight excluding hydrogens is 507 g/mol. The van der Waals surface area contributed by atoms with E-state index in [1.54, 1.807) is 24.3 Å². The Balaban J connectivity index is 1.70. The Morgan fingerprint density at radius 1 is 1.06 bits per heavy atom. The highest BCUT2D eigenvalue weighted by Crippen LogP contribution is 2.44. The second-order valence-corrected chi connectivity index (χ2v) is 9.34. The number of aliphatic hydroxyl groups is 1. The van der Waals surface area contributed by atoms with Crippen molar-refractivity contribution in [3.8, 4) is 0 Å². The molecule has 1 unspecified atom stereocenters. The third kappa shape index (κ3) is 4.02. The SMILES string of the molecule is COC(=O)c1ccc(C2/C(=C(\O)c3ccc(Cl)cc3)C(=O)C(=O)N2c2nc3ccc(F)cc3s2)cc1. The van der Waals surface area contributed by atoms with E-state index in [0.29, 0.717) is 26.4 Å². The molecule has 1 fully saturated rings. The Morgan fingerprint density at radius 3 is 2.39 bits per heavy atom. The Morgan fingerprint density at radius 2 is 1.72 bits per heavy atom. The number of fused-ring (bicyclic) bond motifs is 1. The molecular formula is C26H16ClFN2O5S. The molecule has 1 aromatic heterocycles. The summed E-state index contributed by atoms with van der Waals surface area (Å²) in [6.07, 6.45) is 0. The minimum absolute atomic E-state index is 0.154. The van der Waals surface area contributed by atoms with Crippen LogP contribution in [0.2, 0.25) is 5.02 Å². The molecule has 36 heavy (non-hydrogen) atoms. The number of hydrogen-bond donors (Lipinski definition) is 1. The Labute approximate surface area is 213 Å². The van der Waals surface area contributed by atoms with Crippen molar-refractivity contribution in [1.29, 1.82) is 0 Å². The van der Waals surface area contributed by atoms with Gasteiger partial charge in [0.05, 0.1) is 34.5 Å². The van der Waals surface area contributed by atoms with Gasteiger partial charge in [-0.2, -0.15) is 0 Å². The van der Waals surface area contributed by atoms with E-state index in [1.165, 1.54) is 54.5 Å². The largest absolute Gasteiger partial charge is 0.507 e. The minimum Gasteiger partial charge on any atom is -0.507 e. The lowest BCUT2D eigenvalue weighted by Crippen LogP contribution is -2.29. The summed E-state index contributed by atoms with van der Waals surface area (Å²) in [6.45, 7) is 0. The number of thiazole rings is 1. The van der Waals surface area contributed by atoms with E-state index in [1.807, 2.05) is 0 Å². The van der Waals surface area contributed by atoms with Crippen molar-refractivity contribution in [1.82, 2.24) is 4.98 Å². The molecule has 180 valence electrons. The van der Waals surface area contributed by atoms with Gasteiger partial charge < -0.3 is 9.84 Å². The van der Waals surface area contributed by atoms with Gasteiger partial charge in [-0.15, -0.1) is 0 Å². The van der Waals surface area contributed by atoms with Crippen LogP contribution in [-0.2, 0) is 14.3 Å². The number of anilines is 1. The zero-order valence-corrected chi connectivity index (χ0v) is 20.1. The first-order valence-electron chi connectivity index (χ1n) is 10.6. The van der Waals surface area contributed by atoms with Crippen molar-refractivity contribution < 1.29 is 28.6 Å². The van der Waals surface area contributed by atoms with Crippen LogP contribution >= 0.6 is 22.9 Å². The van der Waals surface area contributed by atoms with Crippen LogP contribution in [0, 0.1) is 5.82 Å². The number of aliphatic hydroxyl groups excluding tert-OH is 1. The molecule has 5 rings (SSSR count). The first kappa shape index (κ1) is 23.7. The zero-order chi connectivity index (χ0) is 25.6. The summed E-state index contributed by atoms with van der Waals surface area (Å²) in [7, 11) is 1.26. The Hall–Kier alpha value is -4.08. The highest BCUT2D eigenvalue weighted by atomic mass is 35.5. The van der Waals surface area contributed by atoms with Crippen LogP contribution < -0.4 is 4.90 Å². The number of ether oxygens (including phenoxy) is 1. The first-order valence-corrected chi connectivity index (χ1v) is 11.8. The summed E-state index contributed by atoms with van der Waals surface area (Å²) in [5.74, 6) is -3.20. The summed E-state index contributed by atoms with van der Waals surface area (Å²) in [6, 6.07) is 15.3. The second-order valence-electron chi connectivity index (χ2n) is 7.90. The van der Waals surface area contributed by atoms with Crippen molar-refractivity contribution in [2.24, 2.45) is 0 Å². The van der Waals surface area contributed by atoms with Crippen molar-refractivity contribution >= 4 is 61.7 Å². The maximum absolute atomic E-state index is 13.8. The number of carbonyl (C=O) groups excluding carboxylic acids is 3. The molecule has 1 aliphatic rings. The lowest BCUT2D eigenvalue weighted by atomic mass is 9.95. The number of ketones is 1. The summed E-state index contributed by atoms with van der Waals surface area (Å²) in [4.78, 5) is 44.1. The van der Waals surface area contributed by atoms with Crippen molar-refractivity contribution in [2.75, 3.05) is 12.0 Å². The molecule has 1 atom stereocenters. The number of Topliss-reactive ketones (excluding diaryl/α,β-unsaturated/α-hetero) is 1. The van der Waals surface area contributed by atoms with E-state index < -0.39 is 29.5 Å². The number of rotatable bonds is 4. The molecule has 0 spiro atoms. The molecule has 0 saturated carbocycles. The van der Waals surface area contributed by atoms with Gasteiger partial charge in [-0.05, 0) is 60.2 Å². The molecule has 0 aliphatic carbocycles. The molecule has 1 aliphatic heterocycles.